The standard InChI is InChI=1S/C15H20O/c1-3-4-5-12-9-14(16)10-13-7-6-11(2)8-15(12)13/h6-8,12H,3-5,9-10H2,1-2H3. The van der Waals surface area contributed by atoms with Gasteiger partial charge in [0.2, 0.25) is 0 Å². The van der Waals surface area contributed by atoms with Crippen molar-refractivity contribution in [2.75, 3.05) is 0 Å². The molecule has 0 heterocycles. The largest absolute Gasteiger partial charge is 0.299 e. The molecule has 0 radical (unpaired) electrons. The molecule has 86 valence electrons. The Morgan fingerprint density at radius 3 is 2.94 bits per heavy atom. The number of hydrogen-bond acceptors (Lipinski definition) is 1. The predicted octanol–water partition coefficient (Wildman–Crippen LogP) is 3.78. The van der Waals surface area contributed by atoms with Crippen LogP contribution in [0.25, 0.3) is 0 Å². The zero-order valence-corrected chi connectivity index (χ0v) is 10.3. The fraction of sp³-hybridized carbons (Fsp3) is 0.533. The number of rotatable bonds is 3. The SMILES string of the molecule is CCCCC1CC(=O)Cc2ccc(C)cc21. The van der Waals surface area contributed by atoms with Crippen LogP contribution in [0, 0.1) is 6.92 Å². The van der Waals surface area contributed by atoms with Crippen LogP contribution in [0.3, 0.4) is 0 Å². The van der Waals surface area contributed by atoms with Crippen molar-refractivity contribution in [3.05, 3.63) is 34.9 Å². The van der Waals surface area contributed by atoms with Gasteiger partial charge in [0.05, 0.1) is 0 Å². The molecule has 0 amide bonds. The molecular weight excluding hydrogens is 196 g/mol. The predicted molar refractivity (Wildman–Crippen MR) is 66.8 cm³/mol. The highest BCUT2D eigenvalue weighted by atomic mass is 16.1. The first kappa shape index (κ1) is 11.4. The minimum Gasteiger partial charge on any atom is -0.299 e. The highest BCUT2D eigenvalue weighted by Gasteiger charge is 2.24. The van der Waals surface area contributed by atoms with Crippen molar-refractivity contribution in [3.8, 4) is 0 Å². The quantitative estimate of drug-likeness (QED) is 0.751. The molecule has 0 aromatic heterocycles. The molecule has 1 unspecified atom stereocenters. The Morgan fingerprint density at radius 2 is 2.19 bits per heavy atom. The maximum Gasteiger partial charge on any atom is 0.137 e. The topological polar surface area (TPSA) is 17.1 Å². The van der Waals surface area contributed by atoms with Gasteiger partial charge in [-0.25, -0.2) is 0 Å². The molecule has 0 saturated carbocycles. The van der Waals surface area contributed by atoms with Gasteiger partial charge in [0.25, 0.3) is 0 Å². The molecule has 1 aromatic carbocycles. The van der Waals surface area contributed by atoms with Gasteiger partial charge in [0.1, 0.15) is 5.78 Å². The summed E-state index contributed by atoms with van der Waals surface area (Å²) in [4.78, 5) is 11.7. The van der Waals surface area contributed by atoms with Gasteiger partial charge >= 0.3 is 0 Å². The summed E-state index contributed by atoms with van der Waals surface area (Å²) in [6.45, 7) is 4.34. The molecule has 0 fully saturated rings. The number of carbonyl (C=O) groups is 1. The summed E-state index contributed by atoms with van der Waals surface area (Å²) in [5.74, 6) is 0.897. The van der Waals surface area contributed by atoms with E-state index in [1.165, 1.54) is 36.0 Å². The van der Waals surface area contributed by atoms with Crippen LogP contribution in [-0.4, -0.2) is 5.78 Å². The first-order chi connectivity index (χ1) is 7.70. The fourth-order valence-corrected chi connectivity index (χ4v) is 2.63. The van der Waals surface area contributed by atoms with Gasteiger partial charge in [-0.3, -0.25) is 4.79 Å². The lowest BCUT2D eigenvalue weighted by Gasteiger charge is -2.25. The van der Waals surface area contributed by atoms with Gasteiger partial charge < -0.3 is 0 Å². The third-order valence-electron chi connectivity index (χ3n) is 3.51. The second kappa shape index (κ2) is 4.82. The fourth-order valence-electron chi connectivity index (χ4n) is 2.63. The molecule has 16 heavy (non-hydrogen) atoms. The molecule has 2 rings (SSSR count). The Labute approximate surface area is 97.9 Å². The zero-order valence-electron chi connectivity index (χ0n) is 10.3. The van der Waals surface area contributed by atoms with Crippen LogP contribution in [0.1, 0.15) is 55.2 Å². The van der Waals surface area contributed by atoms with Crippen LogP contribution in [0.15, 0.2) is 18.2 Å². The van der Waals surface area contributed by atoms with Crippen LogP contribution < -0.4 is 0 Å². The summed E-state index contributed by atoms with van der Waals surface area (Å²) in [5, 5.41) is 0. The Balaban J connectivity index is 2.28. The highest BCUT2D eigenvalue weighted by Crippen LogP contribution is 2.34. The summed E-state index contributed by atoms with van der Waals surface area (Å²) in [7, 11) is 0. The van der Waals surface area contributed by atoms with Crippen LogP contribution in [0.2, 0.25) is 0 Å². The second-order valence-corrected chi connectivity index (χ2v) is 4.96. The number of hydrogen-bond donors (Lipinski definition) is 0. The first-order valence-electron chi connectivity index (χ1n) is 6.32. The number of ketones is 1. The third-order valence-corrected chi connectivity index (χ3v) is 3.51. The van der Waals surface area contributed by atoms with Gasteiger partial charge in [0.15, 0.2) is 0 Å². The van der Waals surface area contributed by atoms with Crippen molar-refractivity contribution in [3.63, 3.8) is 0 Å². The molecule has 0 N–H and O–H groups in total. The van der Waals surface area contributed by atoms with Crippen molar-refractivity contribution in [1.82, 2.24) is 0 Å². The van der Waals surface area contributed by atoms with Crippen LogP contribution in [0.4, 0.5) is 0 Å². The number of fused-ring (bicyclic) bond motifs is 1. The van der Waals surface area contributed by atoms with Gasteiger partial charge in [0, 0.05) is 12.8 Å². The van der Waals surface area contributed by atoms with Gasteiger partial charge in [-0.15, -0.1) is 0 Å². The van der Waals surface area contributed by atoms with Crippen molar-refractivity contribution < 1.29 is 4.79 Å². The van der Waals surface area contributed by atoms with E-state index in [0.717, 1.165) is 6.42 Å². The monoisotopic (exact) mass is 216 g/mol. The van der Waals surface area contributed by atoms with Gasteiger partial charge in [-0.1, -0.05) is 43.5 Å². The lowest BCUT2D eigenvalue weighted by molar-refractivity contribution is -0.119. The summed E-state index contributed by atoms with van der Waals surface area (Å²) < 4.78 is 0. The maximum absolute atomic E-state index is 11.7. The van der Waals surface area contributed by atoms with Crippen molar-refractivity contribution >= 4 is 5.78 Å². The molecule has 1 aliphatic carbocycles. The number of carbonyl (C=O) groups excluding carboxylic acids is 1. The van der Waals surface area contributed by atoms with Crippen LogP contribution in [-0.2, 0) is 11.2 Å². The van der Waals surface area contributed by atoms with Gasteiger partial charge in [-0.2, -0.15) is 0 Å². The smallest absolute Gasteiger partial charge is 0.137 e. The third kappa shape index (κ3) is 2.34. The van der Waals surface area contributed by atoms with E-state index < -0.39 is 0 Å². The number of benzene rings is 1. The van der Waals surface area contributed by atoms with Crippen molar-refractivity contribution in [2.24, 2.45) is 0 Å². The summed E-state index contributed by atoms with van der Waals surface area (Å²) in [5.41, 5.74) is 4.02. The van der Waals surface area contributed by atoms with Crippen molar-refractivity contribution in [1.29, 1.82) is 0 Å². The average molecular weight is 216 g/mol. The minimum absolute atomic E-state index is 0.414. The van der Waals surface area contributed by atoms with E-state index in [4.69, 9.17) is 0 Å². The van der Waals surface area contributed by atoms with E-state index in [0.29, 0.717) is 18.1 Å². The number of Topliss-reactive ketones (excluding diaryl/α,β-unsaturated/α-hetero) is 1. The van der Waals surface area contributed by atoms with E-state index in [1.807, 2.05) is 0 Å². The molecule has 0 spiro atoms. The summed E-state index contributed by atoms with van der Waals surface area (Å²) in [6.07, 6.45) is 5.02. The minimum atomic E-state index is 0.414. The molecule has 0 aliphatic heterocycles. The Morgan fingerprint density at radius 1 is 1.38 bits per heavy atom. The maximum atomic E-state index is 11.7. The average Bonchev–Trinajstić information content (AvgIpc) is 2.26. The lowest BCUT2D eigenvalue weighted by atomic mass is 9.79. The molecule has 1 nitrogen and oxygen atoms in total. The Hall–Kier alpha value is -1.11. The van der Waals surface area contributed by atoms with Crippen molar-refractivity contribution in [2.45, 2.75) is 51.9 Å². The highest BCUT2D eigenvalue weighted by molar-refractivity contribution is 5.84. The van der Waals surface area contributed by atoms with E-state index in [2.05, 4.69) is 32.0 Å². The number of aryl methyl sites for hydroxylation is 1. The molecule has 1 atom stereocenters. The molecule has 0 saturated heterocycles. The Bertz CT molecular complexity index is 392. The van der Waals surface area contributed by atoms with Gasteiger partial charge in [-0.05, 0) is 30.4 Å². The first-order valence-corrected chi connectivity index (χ1v) is 6.32. The second-order valence-electron chi connectivity index (χ2n) is 4.96. The molecule has 0 bridgehead atoms. The lowest BCUT2D eigenvalue weighted by Crippen LogP contribution is -2.18. The van der Waals surface area contributed by atoms with Crippen LogP contribution >= 0.6 is 0 Å². The summed E-state index contributed by atoms with van der Waals surface area (Å²) in [6, 6.07) is 6.54. The van der Waals surface area contributed by atoms with E-state index in [1.54, 1.807) is 0 Å². The molecule has 1 heteroatoms. The summed E-state index contributed by atoms with van der Waals surface area (Å²) >= 11 is 0. The van der Waals surface area contributed by atoms with E-state index in [-0.39, 0.29) is 0 Å². The van der Waals surface area contributed by atoms with E-state index >= 15 is 0 Å². The molecular formula is C15H20O. The number of unbranched alkanes of at least 4 members (excludes halogenated alkanes) is 1. The van der Waals surface area contributed by atoms with E-state index in [9.17, 15) is 4.79 Å². The molecule has 1 aliphatic rings. The zero-order chi connectivity index (χ0) is 11.5. The normalized spacial score (nSPS) is 19.6. The Kier molecular flexibility index (Phi) is 3.42. The van der Waals surface area contributed by atoms with Crippen LogP contribution in [0.5, 0.6) is 0 Å². The molecule has 1 aromatic rings.